The molecule has 1 N–H and O–H groups in total. The molecule has 0 unspecified atom stereocenters. The number of hydrogen-bond donors (Lipinski definition) is 1. The molecule has 2 aliphatic carbocycles. The van der Waals surface area contributed by atoms with E-state index >= 15 is 0 Å². The number of halogens is 1. The summed E-state index contributed by atoms with van der Waals surface area (Å²) in [4.78, 5) is 15.2. The Kier molecular flexibility index (Phi) is 6.03. The van der Waals surface area contributed by atoms with Crippen molar-refractivity contribution in [3.05, 3.63) is 29.3 Å². The summed E-state index contributed by atoms with van der Waals surface area (Å²) in [6.07, 6.45) is 5.32. The van der Waals surface area contributed by atoms with Crippen LogP contribution in [0.5, 0.6) is 0 Å². The maximum atomic E-state index is 13.9. The maximum absolute atomic E-state index is 13.9. The number of fused-ring (bicyclic) bond motifs is 1. The fourth-order valence-electron chi connectivity index (χ4n) is 5.84. The largest absolute Gasteiger partial charge is 0.396 e. The van der Waals surface area contributed by atoms with Gasteiger partial charge in [-0.15, -0.1) is 0 Å². The van der Waals surface area contributed by atoms with Gasteiger partial charge in [-0.2, -0.15) is 4.31 Å². The van der Waals surface area contributed by atoms with Crippen LogP contribution in [0.1, 0.15) is 44.9 Å². The lowest BCUT2D eigenvalue weighted by molar-refractivity contribution is -0.134. The molecule has 1 aromatic rings. The lowest BCUT2D eigenvalue weighted by atomic mass is 9.90. The van der Waals surface area contributed by atoms with Crippen molar-refractivity contribution in [2.24, 2.45) is 11.3 Å². The topological polar surface area (TPSA) is 87.2 Å². The molecule has 0 aromatic heterocycles. The van der Waals surface area contributed by atoms with Gasteiger partial charge in [0.2, 0.25) is 15.9 Å². The Hall–Kier alpha value is -1.19. The van der Waals surface area contributed by atoms with Crippen molar-refractivity contribution in [2.75, 3.05) is 26.3 Å². The molecule has 4 aliphatic rings. The van der Waals surface area contributed by atoms with Gasteiger partial charge in [0.1, 0.15) is 0 Å². The minimum atomic E-state index is -3.76. The number of aliphatic hydroxyl groups excluding tert-OH is 1. The molecule has 176 valence electrons. The summed E-state index contributed by atoms with van der Waals surface area (Å²) >= 11 is 6.00. The van der Waals surface area contributed by atoms with Crippen LogP contribution < -0.4 is 0 Å². The molecule has 2 aliphatic heterocycles. The molecule has 1 amide bonds. The highest BCUT2D eigenvalue weighted by molar-refractivity contribution is 7.89. The van der Waals surface area contributed by atoms with E-state index in [0.717, 1.165) is 38.5 Å². The zero-order chi connectivity index (χ0) is 22.5. The number of hydrogen-bond acceptors (Lipinski definition) is 5. The molecular formula is C23H31ClN2O5S. The summed E-state index contributed by atoms with van der Waals surface area (Å²) < 4.78 is 35.6. The van der Waals surface area contributed by atoms with E-state index in [4.69, 9.17) is 16.3 Å². The number of carbonyl (C=O) groups is 1. The molecule has 2 saturated heterocycles. The van der Waals surface area contributed by atoms with Gasteiger partial charge in [-0.05, 0) is 68.2 Å². The number of nitrogens with zero attached hydrogens (tertiary/aromatic N) is 2. The summed E-state index contributed by atoms with van der Waals surface area (Å²) in [5.41, 5.74) is -0.374. The second-order valence-corrected chi connectivity index (χ2v) is 12.2. The molecule has 32 heavy (non-hydrogen) atoms. The maximum Gasteiger partial charge on any atom is 0.243 e. The van der Waals surface area contributed by atoms with Gasteiger partial charge < -0.3 is 14.7 Å². The average molecular weight is 483 g/mol. The van der Waals surface area contributed by atoms with Crippen molar-refractivity contribution in [2.45, 2.75) is 68.0 Å². The van der Waals surface area contributed by atoms with Gasteiger partial charge in [0.25, 0.3) is 0 Å². The first kappa shape index (κ1) is 22.6. The lowest BCUT2D eigenvalue weighted by Gasteiger charge is -2.46. The van der Waals surface area contributed by atoms with Crippen LogP contribution in [-0.2, 0) is 19.6 Å². The third-order valence-corrected chi connectivity index (χ3v) is 10.1. The van der Waals surface area contributed by atoms with Crippen LogP contribution in [0.2, 0.25) is 5.02 Å². The minimum absolute atomic E-state index is 0.0656. The third-order valence-electron chi connectivity index (χ3n) is 7.91. The standard InChI is InChI=1S/C23H31ClN2O5S/c24-17-4-6-18(7-5-17)32(29,30)26-19-2-1-3-20(19)31-15-21(26)23(9-10-23)12-22(28)25-11-8-16(13-25)14-27/h4-7,16,19-21,27H,1-3,8-15H2/t16-,19-,20+,21-/m1/s1. The average Bonchev–Trinajstić information content (AvgIpc) is 3.18. The second-order valence-electron chi connectivity index (χ2n) is 9.89. The summed E-state index contributed by atoms with van der Waals surface area (Å²) in [7, 11) is -3.76. The molecule has 1 aromatic carbocycles. The van der Waals surface area contributed by atoms with Crippen LogP contribution in [0.3, 0.4) is 0 Å². The van der Waals surface area contributed by atoms with Gasteiger partial charge in [-0.1, -0.05) is 11.6 Å². The van der Waals surface area contributed by atoms with Crippen LogP contribution in [0.25, 0.3) is 0 Å². The SMILES string of the molecule is O=C(CC1([C@H]2CO[C@H]3CCC[C@H]3N2S(=O)(=O)c2ccc(Cl)cc2)CC1)N1CC[C@@H](CO)C1. The molecule has 2 heterocycles. The highest BCUT2D eigenvalue weighted by Gasteiger charge is 2.60. The number of likely N-dealkylation sites (tertiary alicyclic amines) is 1. The Morgan fingerprint density at radius 3 is 2.59 bits per heavy atom. The number of sulfonamides is 1. The molecule has 7 nitrogen and oxygen atoms in total. The van der Waals surface area contributed by atoms with Crippen molar-refractivity contribution >= 4 is 27.5 Å². The van der Waals surface area contributed by atoms with Gasteiger partial charge in [-0.3, -0.25) is 4.79 Å². The lowest BCUT2D eigenvalue weighted by Crippen LogP contribution is -2.60. The highest BCUT2D eigenvalue weighted by atomic mass is 35.5. The smallest absolute Gasteiger partial charge is 0.243 e. The molecule has 4 fully saturated rings. The molecule has 0 bridgehead atoms. The molecule has 2 saturated carbocycles. The van der Waals surface area contributed by atoms with Gasteiger partial charge in [0.05, 0.1) is 29.7 Å². The zero-order valence-corrected chi connectivity index (χ0v) is 19.7. The van der Waals surface area contributed by atoms with E-state index in [0.29, 0.717) is 31.1 Å². The van der Waals surface area contributed by atoms with Crippen LogP contribution >= 0.6 is 11.6 Å². The Morgan fingerprint density at radius 1 is 1.19 bits per heavy atom. The fraction of sp³-hybridized carbons (Fsp3) is 0.696. The number of rotatable bonds is 6. The van der Waals surface area contributed by atoms with Gasteiger partial charge in [-0.25, -0.2) is 8.42 Å². The number of amides is 1. The van der Waals surface area contributed by atoms with Crippen LogP contribution in [0.4, 0.5) is 0 Å². The van der Waals surface area contributed by atoms with Crippen LogP contribution in [0, 0.1) is 11.3 Å². The van der Waals surface area contributed by atoms with Gasteiger partial charge in [0, 0.05) is 37.1 Å². The van der Waals surface area contributed by atoms with Crippen molar-refractivity contribution in [1.29, 1.82) is 0 Å². The van der Waals surface area contributed by atoms with Crippen LogP contribution in [0.15, 0.2) is 29.2 Å². The summed E-state index contributed by atoms with van der Waals surface area (Å²) in [6.45, 7) is 1.69. The Morgan fingerprint density at radius 2 is 1.94 bits per heavy atom. The first-order valence-electron chi connectivity index (χ1n) is 11.6. The van der Waals surface area contributed by atoms with E-state index in [1.807, 2.05) is 4.90 Å². The Labute approximate surface area is 194 Å². The highest BCUT2D eigenvalue weighted by Crippen LogP contribution is 2.57. The first-order valence-corrected chi connectivity index (χ1v) is 13.5. The van der Waals surface area contributed by atoms with E-state index in [-0.39, 0.29) is 46.9 Å². The number of ether oxygens (including phenoxy) is 1. The predicted molar refractivity (Wildman–Crippen MR) is 120 cm³/mol. The number of morpholine rings is 1. The molecule has 4 atom stereocenters. The van der Waals surface area contributed by atoms with E-state index in [1.165, 1.54) is 0 Å². The summed E-state index contributed by atoms with van der Waals surface area (Å²) in [6, 6.07) is 5.82. The van der Waals surface area contributed by atoms with E-state index in [9.17, 15) is 18.3 Å². The predicted octanol–water partition coefficient (Wildman–Crippen LogP) is 2.66. The normalized spacial score (nSPS) is 32.1. The molecule has 5 rings (SSSR count). The summed E-state index contributed by atoms with van der Waals surface area (Å²) in [5.74, 6) is 0.212. The van der Waals surface area contributed by atoms with Crippen molar-refractivity contribution in [3.63, 3.8) is 0 Å². The van der Waals surface area contributed by atoms with E-state index in [1.54, 1.807) is 28.6 Å². The monoisotopic (exact) mass is 482 g/mol. The van der Waals surface area contributed by atoms with Crippen molar-refractivity contribution in [3.8, 4) is 0 Å². The number of aliphatic hydroxyl groups is 1. The van der Waals surface area contributed by atoms with Gasteiger partial charge >= 0.3 is 0 Å². The quantitative estimate of drug-likeness (QED) is 0.673. The molecular weight excluding hydrogens is 452 g/mol. The minimum Gasteiger partial charge on any atom is -0.396 e. The Bertz CT molecular complexity index is 965. The Balaban J connectivity index is 1.42. The second kappa shape index (κ2) is 8.55. The third kappa shape index (κ3) is 3.98. The van der Waals surface area contributed by atoms with Crippen molar-refractivity contribution in [1.82, 2.24) is 9.21 Å². The molecule has 9 heteroatoms. The van der Waals surface area contributed by atoms with E-state index < -0.39 is 10.0 Å². The number of carbonyl (C=O) groups excluding carboxylic acids is 1. The molecule has 0 spiro atoms. The van der Waals surface area contributed by atoms with Gasteiger partial charge in [0.15, 0.2) is 0 Å². The van der Waals surface area contributed by atoms with Crippen molar-refractivity contribution < 1.29 is 23.1 Å². The fourth-order valence-corrected chi connectivity index (χ4v) is 7.91. The first-order chi connectivity index (χ1) is 15.3. The zero-order valence-electron chi connectivity index (χ0n) is 18.2. The summed E-state index contributed by atoms with van der Waals surface area (Å²) in [5, 5.41) is 9.91. The van der Waals surface area contributed by atoms with E-state index in [2.05, 4.69) is 0 Å². The van der Waals surface area contributed by atoms with Crippen LogP contribution in [-0.4, -0.2) is 73.1 Å². The molecule has 0 radical (unpaired) electrons. The number of benzene rings is 1.